The molecular weight excluding hydrogens is 220 g/mol. The van der Waals surface area contributed by atoms with Gasteiger partial charge in [0.05, 0.1) is 13.7 Å². The average Bonchev–Trinajstić information content (AvgIpc) is 2.38. The molecule has 1 rings (SSSR count). The zero-order valence-electron chi connectivity index (χ0n) is 9.94. The van der Waals surface area contributed by atoms with Crippen LogP contribution in [0.3, 0.4) is 0 Å². The van der Waals surface area contributed by atoms with Gasteiger partial charge in [-0.1, -0.05) is 12.1 Å². The van der Waals surface area contributed by atoms with Crippen LogP contribution < -0.4 is 16.0 Å². The van der Waals surface area contributed by atoms with Gasteiger partial charge in [-0.05, 0) is 24.1 Å². The number of methoxy groups -OCH3 is 1. The first-order valence-corrected chi connectivity index (χ1v) is 5.46. The van der Waals surface area contributed by atoms with Crippen molar-refractivity contribution >= 4 is 5.91 Å². The molecule has 5 heteroatoms. The highest BCUT2D eigenvalue weighted by atomic mass is 16.5. The summed E-state index contributed by atoms with van der Waals surface area (Å²) in [5, 5.41) is 0. The number of hydrogen-bond acceptors (Lipinski definition) is 4. The Morgan fingerprint density at radius 3 is 3.00 bits per heavy atom. The molecule has 1 amide bonds. The van der Waals surface area contributed by atoms with Crippen LogP contribution in [0.15, 0.2) is 24.3 Å². The van der Waals surface area contributed by atoms with E-state index < -0.39 is 0 Å². The van der Waals surface area contributed by atoms with Crippen LogP contribution in [0.4, 0.5) is 0 Å². The predicted molar refractivity (Wildman–Crippen MR) is 64.2 cm³/mol. The van der Waals surface area contributed by atoms with Crippen LogP contribution in [-0.4, -0.2) is 19.6 Å². The van der Waals surface area contributed by atoms with Gasteiger partial charge in [0.15, 0.2) is 0 Å². The molecular formula is C12H18N2O3. The lowest BCUT2D eigenvalue weighted by Gasteiger charge is -2.06. The van der Waals surface area contributed by atoms with E-state index in [1.54, 1.807) is 7.11 Å². The number of benzene rings is 1. The second kappa shape index (κ2) is 7.65. The maximum Gasteiger partial charge on any atom is 0.233 e. The number of nitrogens with two attached hydrogens (primary N) is 1. The lowest BCUT2D eigenvalue weighted by Crippen LogP contribution is -2.29. The molecule has 0 aliphatic rings. The van der Waals surface area contributed by atoms with Gasteiger partial charge >= 0.3 is 0 Å². The smallest absolute Gasteiger partial charge is 0.233 e. The van der Waals surface area contributed by atoms with E-state index in [-0.39, 0.29) is 5.91 Å². The lowest BCUT2D eigenvalue weighted by molar-refractivity contribution is -0.121. The molecule has 0 radical (unpaired) electrons. The molecule has 5 nitrogen and oxygen atoms in total. The second-order valence-electron chi connectivity index (χ2n) is 3.58. The summed E-state index contributed by atoms with van der Waals surface area (Å²) >= 11 is 0. The van der Waals surface area contributed by atoms with E-state index in [0.717, 1.165) is 11.3 Å². The summed E-state index contributed by atoms with van der Waals surface area (Å²) in [6.45, 7) is 1.05. The summed E-state index contributed by atoms with van der Waals surface area (Å²) in [6, 6.07) is 7.69. The summed E-state index contributed by atoms with van der Waals surface area (Å²) in [6.07, 6.45) is 1.04. The largest absolute Gasteiger partial charge is 0.497 e. The number of ether oxygens (including phenoxy) is 2. The van der Waals surface area contributed by atoms with Crippen molar-refractivity contribution in [1.82, 2.24) is 5.43 Å². The van der Waals surface area contributed by atoms with E-state index in [9.17, 15) is 4.79 Å². The van der Waals surface area contributed by atoms with Crippen molar-refractivity contribution in [3.63, 3.8) is 0 Å². The third-order valence-corrected chi connectivity index (χ3v) is 2.26. The fraction of sp³-hybridized carbons (Fsp3) is 0.417. The van der Waals surface area contributed by atoms with Crippen LogP contribution >= 0.6 is 0 Å². The molecule has 0 fully saturated rings. The van der Waals surface area contributed by atoms with Crippen molar-refractivity contribution in [2.45, 2.75) is 19.4 Å². The van der Waals surface area contributed by atoms with E-state index in [4.69, 9.17) is 15.3 Å². The maximum atomic E-state index is 10.8. The molecule has 0 atom stereocenters. The van der Waals surface area contributed by atoms with E-state index >= 15 is 0 Å². The molecule has 0 heterocycles. The van der Waals surface area contributed by atoms with Gasteiger partial charge in [-0.15, -0.1) is 0 Å². The Morgan fingerprint density at radius 2 is 2.29 bits per heavy atom. The predicted octanol–water partition coefficient (Wildman–Crippen LogP) is 0.982. The molecule has 1 aromatic rings. The van der Waals surface area contributed by atoms with Gasteiger partial charge in [0.2, 0.25) is 5.91 Å². The number of amides is 1. The molecule has 17 heavy (non-hydrogen) atoms. The summed E-state index contributed by atoms with van der Waals surface area (Å²) in [7, 11) is 1.63. The first kappa shape index (κ1) is 13.5. The molecule has 94 valence electrons. The molecule has 0 saturated carbocycles. The quantitative estimate of drug-likeness (QED) is 0.321. The molecule has 0 saturated heterocycles. The lowest BCUT2D eigenvalue weighted by atomic mass is 10.2. The monoisotopic (exact) mass is 238 g/mol. The van der Waals surface area contributed by atoms with Crippen molar-refractivity contribution in [2.24, 2.45) is 5.84 Å². The summed E-state index contributed by atoms with van der Waals surface area (Å²) in [5.74, 6) is 5.60. The highest BCUT2D eigenvalue weighted by molar-refractivity contribution is 5.75. The molecule has 0 aromatic heterocycles. The van der Waals surface area contributed by atoms with Gasteiger partial charge in [0, 0.05) is 13.0 Å². The molecule has 0 unspecified atom stereocenters. The second-order valence-corrected chi connectivity index (χ2v) is 3.58. The van der Waals surface area contributed by atoms with Crippen LogP contribution in [0.5, 0.6) is 5.75 Å². The maximum absolute atomic E-state index is 10.8. The highest BCUT2D eigenvalue weighted by Gasteiger charge is 1.99. The number of hydrogen-bond donors (Lipinski definition) is 2. The van der Waals surface area contributed by atoms with Crippen LogP contribution in [0.25, 0.3) is 0 Å². The Bertz CT molecular complexity index is 355. The van der Waals surface area contributed by atoms with Gasteiger partial charge in [-0.25, -0.2) is 5.84 Å². The zero-order valence-corrected chi connectivity index (χ0v) is 9.94. The molecule has 0 aliphatic carbocycles. The molecule has 0 aliphatic heterocycles. The minimum atomic E-state index is -0.171. The number of hydrazine groups is 1. The van der Waals surface area contributed by atoms with E-state index in [0.29, 0.717) is 26.1 Å². The van der Waals surface area contributed by atoms with E-state index in [1.807, 2.05) is 24.3 Å². The van der Waals surface area contributed by atoms with Crippen molar-refractivity contribution in [3.8, 4) is 5.75 Å². The van der Waals surface area contributed by atoms with Crippen LogP contribution in [-0.2, 0) is 16.1 Å². The summed E-state index contributed by atoms with van der Waals surface area (Å²) < 4.78 is 10.5. The number of nitrogens with one attached hydrogen (secondary N) is 1. The zero-order chi connectivity index (χ0) is 12.5. The Labute approximate surface area is 101 Å². The standard InChI is InChI=1S/C12H18N2O3/c1-16-11-5-2-4-10(8-11)9-17-7-3-6-12(15)14-13/h2,4-5,8H,3,6-7,9,13H2,1H3,(H,14,15). The van der Waals surface area contributed by atoms with E-state index in [2.05, 4.69) is 5.43 Å². The van der Waals surface area contributed by atoms with Crippen molar-refractivity contribution < 1.29 is 14.3 Å². The fourth-order valence-electron chi connectivity index (χ4n) is 1.36. The normalized spacial score (nSPS) is 10.0. The SMILES string of the molecule is COc1cccc(COCCCC(=O)NN)c1. The molecule has 1 aromatic carbocycles. The molecule has 0 spiro atoms. The fourth-order valence-corrected chi connectivity index (χ4v) is 1.36. The number of carbonyl (C=O) groups excluding carboxylic acids is 1. The van der Waals surface area contributed by atoms with Gasteiger partial charge in [-0.2, -0.15) is 0 Å². The molecule has 0 bridgehead atoms. The van der Waals surface area contributed by atoms with Crippen molar-refractivity contribution in [3.05, 3.63) is 29.8 Å². The van der Waals surface area contributed by atoms with Gasteiger partial charge in [0.25, 0.3) is 0 Å². The summed E-state index contributed by atoms with van der Waals surface area (Å²) in [4.78, 5) is 10.8. The topological polar surface area (TPSA) is 73.6 Å². The number of rotatable bonds is 7. The van der Waals surface area contributed by atoms with Crippen molar-refractivity contribution in [1.29, 1.82) is 0 Å². The Balaban J connectivity index is 2.19. The first-order valence-electron chi connectivity index (χ1n) is 5.46. The minimum absolute atomic E-state index is 0.171. The number of carbonyl (C=O) groups is 1. The van der Waals surface area contributed by atoms with Crippen LogP contribution in [0, 0.1) is 0 Å². The van der Waals surface area contributed by atoms with Gasteiger partial charge in [-0.3, -0.25) is 10.2 Å². The highest BCUT2D eigenvalue weighted by Crippen LogP contribution is 2.13. The van der Waals surface area contributed by atoms with Crippen molar-refractivity contribution in [2.75, 3.05) is 13.7 Å². The average molecular weight is 238 g/mol. The van der Waals surface area contributed by atoms with Gasteiger partial charge < -0.3 is 9.47 Å². The Morgan fingerprint density at radius 1 is 1.47 bits per heavy atom. The van der Waals surface area contributed by atoms with E-state index in [1.165, 1.54) is 0 Å². The third-order valence-electron chi connectivity index (χ3n) is 2.26. The third kappa shape index (κ3) is 5.33. The first-order chi connectivity index (χ1) is 8.26. The minimum Gasteiger partial charge on any atom is -0.497 e. The Kier molecular flexibility index (Phi) is 6.06. The van der Waals surface area contributed by atoms with Gasteiger partial charge in [0.1, 0.15) is 5.75 Å². The summed E-state index contributed by atoms with van der Waals surface area (Å²) in [5.41, 5.74) is 3.13. The Hall–Kier alpha value is -1.59. The molecule has 3 N–H and O–H groups in total. The van der Waals surface area contributed by atoms with Crippen LogP contribution in [0.2, 0.25) is 0 Å². The van der Waals surface area contributed by atoms with Crippen LogP contribution in [0.1, 0.15) is 18.4 Å².